The zero-order valence-electron chi connectivity index (χ0n) is 51.8. The summed E-state index contributed by atoms with van der Waals surface area (Å²) in [6, 6.07) is 19.3. The maximum Gasteiger partial charge on any atom is 0.312 e. The van der Waals surface area contributed by atoms with Crippen LogP contribution in [0.1, 0.15) is 252 Å². The number of carbonyl (C=O) groups excluding carboxylic acids is 4. The summed E-state index contributed by atoms with van der Waals surface area (Å²) in [5.41, 5.74) is 6.04. The Kier molecular flexibility index (Phi) is 25.6. The van der Waals surface area contributed by atoms with Crippen molar-refractivity contribution in [3.63, 3.8) is 0 Å². The molecule has 3 aliphatic carbocycles. The summed E-state index contributed by atoms with van der Waals surface area (Å²) >= 11 is 5.76. The predicted molar refractivity (Wildman–Crippen MR) is 317 cm³/mol. The number of ether oxygens (including phenoxy) is 7. The molecule has 3 aromatic carbocycles. The van der Waals surface area contributed by atoms with E-state index in [9.17, 15) is 19.2 Å². The van der Waals surface area contributed by atoms with Crippen molar-refractivity contribution in [2.75, 3.05) is 19.7 Å². The minimum absolute atomic E-state index is 0.000313. The highest BCUT2D eigenvalue weighted by Gasteiger charge is 2.36. The number of para-hydroxylation sites is 3. The van der Waals surface area contributed by atoms with Gasteiger partial charge in [-0.25, -0.2) is 0 Å². The molecule has 5 atom stereocenters. The topological polar surface area (TPSA) is 133 Å². The Hall–Kier alpha value is -4.77. The molecule has 0 aliphatic heterocycles. The molecule has 12 heteroatoms. The quantitative estimate of drug-likeness (QED) is 0.0347. The molecule has 0 radical (unpaired) electrons. The Morgan fingerprint density at radius 2 is 0.709 bits per heavy atom. The van der Waals surface area contributed by atoms with Crippen molar-refractivity contribution in [2.45, 2.75) is 230 Å². The predicted octanol–water partition coefficient (Wildman–Crippen LogP) is 17.3. The number of carbonyl (C=O) groups is 4. The fraction of sp³-hybridized carbons (Fsp3) is 0.672. The van der Waals surface area contributed by atoms with Gasteiger partial charge in [-0.15, -0.1) is 0 Å². The van der Waals surface area contributed by atoms with Crippen LogP contribution in [0.25, 0.3) is 0 Å². The van der Waals surface area contributed by atoms with Crippen molar-refractivity contribution < 1.29 is 52.3 Å². The molecule has 3 saturated carbocycles. The van der Waals surface area contributed by atoms with Crippen molar-refractivity contribution in [2.24, 2.45) is 41.4 Å². The normalized spacial score (nSPS) is 16.4. The molecule has 0 amide bonds. The largest absolute Gasteiger partial charge is 0.477 e. The molecule has 0 aromatic heterocycles. The summed E-state index contributed by atoms with van der Waals surface area (Å²) < 4.78 is 39.5. The van der Waals surface area contributed by atoms with Crippen LogP contribution in [0, 0.1) is 41.4 Å². The maximum atomic E-state index is 12.7. The molecule has 3 aliphatic rings. The first-order chi connectivity index (χ1) is 37.0. The van der Waals surface area contributed by atoms with Gasteiger partial charge in [-0.2, -0.15) is 0 Å². The van der Waals surface area contributed by atoms with Gasteiger partial charge in [-0.05, 0) is 179 Å². The van der Waals surface area contributed by atoms with Crippen molar-refractivity contribution in [3.8, 4) is 17.2 Å². The van der Waals surface area contributed by atoms with Crippen LogP contribution < -0.4 is 14.2 Å². The Morgan fingerprint density at radius 1 is 0.443 bits per heavy atom. The van der Waals surface area contributed by atoms with E-state index in [0.717, 1.165) is 34.3 Å². The third kappa shape index (κ3) is 21.6. The third-order valence-corrected chi connectivity index (χ3v) is 15.5. The molecule has 3 fully saturated rings. The van der Waals surface area contributed by atoms with Crippen LogP contribution >= 0.6 is 11.6 Å². The monoisotopic (exact) mass is 1120 g/mol. The summed E-state index contributed by atoms with van der Waals surface area (Å²) in [6.07, 6.45) is 7.72. The summed E-state index contributed by atoms with van der Waals surface area (Å²) in [6.45, 7) is 37.9. The van der Waals surface area contributed by atoms with Crippen LogP contribution in [0.15, 0.2) is 54.6 Å². The molecular weight excluding hydrogens is 1020 g/mol. The number of hydrogen-bond donors (Lipinski definition) is 0. The first-order valence-electron chi connectivity index (χ1n) is 29.6. The average Bonchev–Trinajstić information content (AvgIpc) is 4.20. The molecule has 0 heterocycles. The highest BCUT2D eigenvalue weighted by molar-refractivity contribution is 6.17. The van der Waals surface area contributed by atoms with Crippen molar-refractivity contribution in [1.29, 1.82) is 0 Å². The van der Waals surface area contributed by atoms with E-state index in [4.69, 9.17) is 44.8 Å². The number of halogens is 1. The zero-order valence-corrected chi connectivity index (χ0v) is 52.6. The van der Waals surface area contributed by atoms with Crippen LogP contribution in [0.3, 0.4) is 0 Å². The summed E-state index contributed by atoms with van der Waals surface area (Å²) in [5.74, 6) is 4.55. The lowest BCUT2D eigenvalue weighted by Crippen LogP contribution is -2.31. The molecule has 0 saturated heterocycles. The fourth-order valence-corrected chi connectivity index (χ4v) is 10.2. The van der Waals surface area contributed by atoms with Crippen LogP contribution in [0.5, 0.6) is 17.2 Å². The van der Waals surface area contributed by atoms with Crippen LogP contribution in [0.4, 0.5) is 0 Å². The second-order valence-corrected chi connectivity index (χ2v) is 26.3. The zero-order chi connectivity index (χ0) is 59.1. The van der Waals surface area contributed by atoms with E-state index in [-0.39, 0.29) is 44.3 Å². The Balaban J connectivity index is 0.000000266. The minimum atomic E-state index is -0.583. The lowest BCUT2D eigenvalue weighted by molar-refractivity contribution is -0.166. The van der Waals surface area contributed by atoms with E-state index in [1.807, 2.05) is 69.2 Å². The number of benzene rings is 3. The van der Waals surface area contributed by atoms with E-state index in [1.54, 1.807) is 0 Å². The number of esters is 4. The SMILES string of the molecule is CC(C)c1cccc([C@H](C)C2CC2)c1OCCl.CC(C)c1cccc([C@H](C)C2CC2)c1OCOC(=O)[C@@H](CC(=O)OC(C)(C)C)C(C)C.CC(C)c1cccc([C@H](C)C2CC2)c1OCOC(=O)[C@@H](CC(=O)OC(C)(C)C)C(C)C. The summed E-state index contributed by atoms with van der Waals surface area (Å²) in [7, 11) is 0. The van der Waals surface area contributed by atoms with Gasteiger partial charge in [0.1, 0.15) is 28.5 Å². The van der Waals surface area contributed by atoms with E-state index >= 15 is 0 Å². The van der Waals surface area contributed by atoms with Gasteiger partial charge < -0.3 is 33.2 Å². The molecule has 0 N–H and O–H groups in total. The van der Waals surface area contributed by atoms with Gasteiger partial charge in [0, 0.05) is 0 Å². The van der Waals surface area contributed by atoms with E-state index in [2.05, 4.69) is 117 Å². The number of alkyl halides is 1. The summed E-state index contributed by atoms with van der Waals surface area (Å²) in [5, 5.41) is 0. The van der Waals surface area contributed by atoms with Gasteiger partial charge in [0.2, 0.25) is 13.6 Å². The number of rotatable bonds is 25. The van der Waals surface area contributed by atoms with Crippen LogP contribution in [-0.2, 0) is 38.1 Å². The highest BCUT2D eigenvalue weighted by atomic mass is 35.5. The lowest BCUT2D eigenvalue weighted by Gasteiger charge is -2.24. The van der Waals surface area contributed by atoms with Crippen LogP contribution in [0.2, 0.25) is 0 Å². The first-order valence-corrected chi connectivity index (χ1v) is 30.1. The smallest absolute Gasteiger partial charge is 0.312 e. The molecule has 6 rings (SSSR count). The Morgan fingerprint density at radius 3 is 0.937 bits per heavy atom. The Bertz CT molecular complexity index is 2280. The van der Waals surface area contributed by atoms with Gasteiger partial charge >= 0.3 is 23.9 Å². The van der Waals surface area contributed by atoms with E-state index < -0.39 is 46.9 Å². The second kappa shape index (κ2) is 30.3. The van der Waals surface area contributed by atoms with Gasteiger partial charge in [-0.3, -0.25) is 19.2 Å². The van der Waals surface area contributed by atoms with Crippen LogP contribution in [-0.4, -0.2) is 54.7 Å². The van der Waals surface area contributed by atoms with Crippen molar-refractivity contribution >= 4 is 35.5 Å². The third-order valence-electron chi connectivity index (χ3n) is 15.4. The van der Waals surface area contributed by atoms with Gasteiger partial charge in [0.15, 0.2) is 6.07 Å². The highest BCUT2D eigenvalue weighted by Crippen LogP contribution is 2.49. The maximum absolute atomic E-state index is 12.7. The van der Waals surface area contributed by atoms with Gasteiger partial charge in [0.05, 0.1) is 24.7 Å². The molecule has 79 heavy (non-hydrogen) atoms. The molecule has 442 valence electrons. The van der Waals surface area contributed by atoms with Crippen molar-refractivity contribution in [1.82, 2.24) is 0 Å². The minimum Gasteiger partial charge on any atom is -0.477 e. The molecular formula is C67H101ClO11. The number of hydrogen-bond acceptors (Lipinski definition) is 11. The van der Waals surface area contributed by atoms with E-state index in [0.29, 0.717) is 47.3 Å². The lowest BCUT2D eigenvalue weighted by atomic mass is 9.90. The first kappa shape index (κ1) is 66.7. The Labute approximate surface area is 481 Å². The van der Waals surface area contributed by atoms with E-state index in [1.165, 1.54) is 60.8 Å². The second-order valence-electron chi connectivity index (χ2n) is 26.1. The summed E-state index contributed by atoms with van der Waals surface area (Å²) in [4.78, 5) is 49.9. The fourth-order valence-electron chi connectivity index (χ4n) is 10.1. The standard InChI is InChI=1S/2C26H40O5.C15H21ClO/c2*1-16(2)20-10-9-11-21(18(5)19-12-13-19)24(20)29-15-30-25(28)22(17(3)4)14-23(27)31-26(6,7)8;1-10(2)13-5-4-6-14(15(13)17-9-16)11(3)12-7-8-12/h2*9-11,16-19,22H,12-15H2,1-8H3;4-6,10-12H,7-9H2,1-3H3/t2*18-,22+;11-/m111/s1. The molecule has 0 bridgehead atoms. The van der Waals surface area contributed by atoms with Gasteiger partial charge in [-0.1, -0.05) is 156 Å². The molecule has 0 spiro atoms. The molecule has 3 aromatic rings. The molecule has 11 nitrogen and oxygen atoms in total. The van der Waals surface area contributed by atoms with Crippen molar-refractivity contribution in [3.05, 3.63) is 88.0 Å². The van der Waals surface area contributed by atoms with Gasteiger partial charge in [0.25, 0.3) is 0 Å². The average molecular weight is 1120 g/mol. The molecule has 0 unspecified atom stereocenters.